The van der Waals surface area contributed by atoms with Crippen LogP contribution in [-0.4, -0.2) is 23.8 Å². The van der Waals surface area contributed by atoms with Crippen molar-refractivity contribution < 1.29 is 9.26 Å². The molecule has 1 heterocycles. The monoisotopic (exact) mass is 297 g/mol. The first-order valence-electron chi connectivity index (χ1n) is 6.46. The second-order valence-corrected chi connectivity index (χ2v) is 4.36. The largest absolute Gasteiger partial charge is 0.497 e. The maximum atomic E-state index is 5.29. The topological polar surface area (TPSA) is 60.2 Å². The van der Waals surface area contributed by atoms with Gasteiger partial charge in [-0.05, 0) is 32.0 Å². The fourth-order valence-electron chi connectivity index (χ4n) is 1.74. The van der Waals surface area contributed by atoms with Gasteiger partial charge in [-0.1, -0.05) is 24.2 Å². The zero-order valence-electron chi connectivity index (χ0n) is 11.9. The fourth-order valence-corrected chi connectivity index (χ4v) is 1.74. The number of rotatable bonds is 6. The van der Waals surface area contributed by atoms with Gasteiger partial charge in [-0.25, -0.2) is 0 Å². The molecule has 2 aromatic rings. The van der Waals surface area contributed by atoms with Crippen LogP contribution in [0, 0.1) is 0 Å². The number of nitrogens with one attached hydrogen (secondary N) is 1. The molecule has 110 valence electrons. The molecule has 0 aliphatic rings. The molecule has 0 fully saturated rings. The number of halogens is 1. The van der Waals surface area contributed by atoms with Crippen molar-refractivity contribution in [2.24, 2.45) is 0 Å². The lowest BCUT2D eigenvalue weighted by atomic mass is 10.2. The third kappa shape index (κ3) is 3.95. The van der Waals surface area contributed by atoms with E-state index in [9.17, 15) is 0 Å². The fraction of sp³-hybridized carbons (Fsp3) is 0.429. The Morgan fingerprint density at radius 2 is 2.20 bits per heavy atom. The van der Waals surface area contributed by atoms with Gasteiger partial charge in [-0.3, -0.25) is 0 Å². The molecule has 0 aliphatic heterocycles. The third-order valence-corrected chi connectivity index (χ3v) is 2.84. The number of benzene rings is 1. The van der Waals surface area contributed by atoms with E-state index in [4.69, 9.17) is 9.26 Å². The Morgan fingerprint density at radius 1 is 1.40 bits per heavy atom. The van der Waals surface area contributed by atoms with Crippen LogP contribution < -0.4 is 10.1 Å². The van der Waals surface area contributed by atoms with E-state index in [-0.39, 0.29) is 18.4 Å². The average Bonchev–Trinajstić information content (AvgIpc) is 2.94. The molecule has 1 N–H and O–H groups in total. The summed E-state index contributed by atoms with van der Waals surface area (Å²) in [6.45, 7) is 5.06. The predicted octanol–water partition coefficient (Wildman–Crippen LogP) is 3.23. The molecular weight excluding hydrogens is 278 g/mol. The summed E-state index contributed by atoms with van der Waals surface area (Å²) in [7, 11) is 1.64. The van der Waals surface area contributed by atoms with E-state index < -0.39 is 0 Å². The molecule has 1 atom stereocenters. The molecular formula is C14H20ClN3O2. The van der Waals surface area contributed by atoms with Gasteiger partial charge in [0.05, 0.1) is 13.2 Å². The Hall–Kier alpha value is -1.59. The molecule has 0 amide bonds. The molecule has 1 aromatic carbocycles. The lowest BCUT2D eigenvalue weighted by molar-refractivity contribution is 0.340. The van der Waals surface area contributed by atoms with E-state index in [1.807, 2.05) is 31.2 Å². The van der Waals surface area contributed by atoms with E-state index in [0.29, 0.717) is 11.7 Å². The van der Waals surface area contributed by atoms with Crippen molar-refractivity contribution in [1.29, 1.82) is 0 Å². The van der Waals surface area contributed by atoms with Crippen molar-refractivity contribution in [3.8, 4) is 17.1 Å². The lowest BCUT2D eigenvalue weighted by Gasteiger charge is -2.06. The number of nitrogens with zero attached hydrogens (tertiary/aromatic N) is 2. The van der Waals surface area contributed by atoms with E-state index in [1.165, 1.54) is 0 Å². The molecule has 0 spiro atoms. The number of hydrogen-bond acceptors (Lipinski definition) is 5. The zero-order chi connectivity index (χ0) is 13.7. The Morgan fingerprint density at radius 3 is 2.90 bits per heavy atom. The van der Waals surface area contributed by atoms with E-state index in [1.54, 1.807) is 7.11 Å². The summed E-state index contributed by atoms with van der Waals surface area (Å²) in [6, 6.07) is 7.67. The van der Waals surface area contributed by atoms with Crippen LogP contribution in [0.5, 0.6) is 5.75 Å². The van der Waals surface area contributed by atoms with Crippen molar-refractivity contribution in [1.82, 2.24) is 15.5 Å². The summed E-state index contributed by atoms with van der Waals surface area (Å²) in [4.78, 5) is 4.41. The van der Waals surface area contributed by atoms with Gasteiger partial charge in [0.1, 0.15) is 5.75 Å². The minimum absolute atomic E-state index is 0. The highest BCUT2D eigenvalue weighted by molar-refractivity contribution is 5.85. The minimum atomic E-state index is 0. The lowest BCUT2D eigenvalue weighted by Crippen LogP contribution is -2.19. The summed E-state index contributed by atoms with van der Waals surface area (Å²) < 4.78 is 10.5. The van der Waals surface area contributed by atoms with Crippen LogP contribution in [0.4, 0.5) is 0 Å². The van der Waals surface area contributed by atoms with Crippen molar-refractivity contribution in [3.05, 3.63) is 30.2 Å². The molecule has 0 saturated carbocycles. The van der Waals surface area contributed by atoms with E-state index in [0.717, 1.165) is 24.3 Å². The van der Waals surface area contributed by atoms with Gasteiger partial charge in [0.2, 0.25) is 11.7 Å². The first kappa shape index (κ1) is 16.5. The standard InChI is InChI=1S/C14H19N3O2.ClH/c1-4-8-15-10(2)14-16-13(17-19-14)11-6-5-7-12(9-11)18-3;/h5-7,9-10,15H,4,8H2,1-3H3;1H. The van der Waals surface area contributed by atoms with Crippen LogP contribution in [0.2, 0.25) is 0 Å². The van der Waals surface area contributed by atoms with Gasteiger partial charge in [-0.2, -0.15) is 4.98 Å². The maximum absolute atomic E-state index is 5.29. The van der Waals surface area contributed by atoms with Crippen molar-refractivity contribution in [2.75, 3.05) is 13.7 Å². The zero-order valence-corrected chi connectivity index (χ0v) is 12.7. The van der Waals surface area contributed by atoms with Crippen LogP contribution in [0.3, 0.4) is 0 Å². The number of methoxy groups -OCH3 is 1. The highest BCUT2D eigenvalue weighted by Gasteiger charge is 2.14. The van der Waals surface area contributed by atoms with Crippen LogP contribution in [0.1, 0.15) is 32.2 Å². The molecule has 1 unspecified atom stereocenters. The molecule has 0 aliphatic carbocycles. The Bertz CT molecular complexity index is 531. The molecule has 5 nitrogen and oxygen atoms in total. The summed E-state index contributed by atoms with van der Waals surface area (Å²) in [6.07, 6.45) is 1.07. The summed E-state index contributed by atoms with van der Waals surface area (Å²) >= 11 is 0. The van der Waals surface area contributed by atoms with Gasteiger partial charge in [-0.15, -0.1) is 12.4 Å². The Kier molecular flexibility index (Phi) is 6.48. The molecule has 2 rings (SSSR count). The quantitative estimate of drug-likeness (QED) is 0.887. The summed E-state index contributed by atoms with van der Waals surface area (Å²) in [5.41, 5.74) is 0.886. The molecule has 0 radical (unpaired) electrons. The molecule has 6 heteroatoms. The van der Waals surface area contributed by atoms with Gasteiger partial charge < -0.3 is 14.6 Å². The van der Waals surface area contributed by atoms with Gasteiger partial charge in [0, 0.05) is 5.56 Å². The highest BCUT2D eigenvalue weighted by Crippen LogP contribution is 2.22. The highest BCUT2D eigenvalue weighted by atomic mass is 35.5. The Labute approximate surface area is 125 Å². The van der Waals surface area contributed by atoms with Gasteiger partial charge >= 0.3 is 0 Å². The molecule has 20 heavy (non-hydrogen) atoms. The van der Waals surface area contributed by atoms with Crippen LogP contribution in [0.15, 0.2) is 28.8 Å². The van der Waals surface area contributed by atoms with Crippen LogP contribution >= 0.6 is 12.4 Å². The first-order valence-corrected chi connectivity index (χ1v) is 6.46. The van der Waals surface area contributed by atoms with Crippen LogP contribution in [0.25, 0.3) is 11.4 Å². The molecule has 0 saturated heterocycles. The molecule has 0 bridgehead atoms. The number of aromatic nitrogens is 2. The second kappa shape index (κ2) is 7.87. The van der Waals surface area contributed by atoms with E-state index >= 15 is 0 Å². The second-order valence-electron chi connectivity index (χ2n) is 4.36. The van der Waals surface area contributed by atoms with Gasteiger partial charge in [0.15, 0.2) is 0 Å². The average molecular weight is 298 g/mol. The number of hydrogen-bond donors (Lipinski definition) is 1. The SMILES string of the molecule is CCCNC(C)c1nc(-c2cccc(OC)c2)no1.Cl. The summed E-state index contributed by atoms with van der Waals surface area (Å²) in [5.74, 6) is 1.96. The van der Waals surface area contributed by atoms with Crippen molar-refractivity contribution >= 4 is 12.4 Å². The minimum Gasteiger partial charge on any atom is -0.497 e. The predicted molar refractivity (Wildman–Crippen MR) is 80.2 cm³/mol. The van der Waals surface area contributed by atoms with Crippen molar-refractivity contribution in [2.45, 2.75) is 26.3 Å². The summed E-state index contributed by atoms with van der Waals surface area (Å²) in [5, 5.41) is 7.32. The normalized spacial score (nSPS) is 11.8. The molecule has 1 aromatic heterocycles. The number of ether oxygens (including phenoxy) is 1. The van der Waals surface area contributed by atoms with Crippen molar-refractivity contribution in [3.63, 3.8) is 0 Å². The van der Waals surface area contributed by atoms with E-state index in [2.05, 4.69) is 22.4 Å². The Balaban J connectivity index is 0.00000200. The van der Waals surface area contributed by atoms with Gasteiger partial charge in [0.25, 0.3) is 0 Å². The maximum Gasteiger partial charge on any atom is 0.243 e. The smallest absolute Gasteiger partial charge is 0.243 e. The first-order chi connectivity index (χ1) is 9.24. The van der Waals surface area contributed by atoms with Crippen LogP contribution in [-0.2, 0) is 0 Å². The third-order valence-electron chi connectivity index (χ3n) is 2.84.